The average Bonchev–Trinajstić information content (AvgIpc) is 3.00. The second-order valence-electron chi connectivity index (χ2n) is 6.24. The smallest absolute Gasteiger partial charge is 0.328 e. The van der Waals surface area contributed by atoms with Crippen molar-refractivity contribution in [3.8, 4) is 0 Å². The number of aromatic amines is 1. The van der Waals surface area contributed by atoms with Crippen LogP contribution in [0.5, 0.6) is 0 Å². The largest absolute Gasteiger partial charge is 0.392 e. The van der Waals surface area contributed by atoms with E-state index in [1.54, 1.807) is 19.1 Å². The Labute approximate surface area is 144 Å². The third-order valence-electron chi connectivity index (χ3n) is 4.52. The first kappa shape index (κ1) is 17.4. The van der Waals surface area contributed by atoms with Crippen LogP contribution < -0.4 is 16.6 Å². The van der Waals surface area contributed by atoms with E-state index in [9.17, 15) is 19.5 Å². The molecule has 0 aliphatic carbocycles. The van der Waals surface area contributed by atoms with Crippen LogP contribution in [0.3, 0.4) is 0 Å². The molecule has 1 amide bonds. The standard InChI is InChI=1S/C17H22N4O4/c1-2-21-16(24)13-4-3-11(9-14(13)19-17(21)25)15(23)18-6-8-20-7-5-12(22)10-20/h3-4,9,12,22H,2,5-8,10H2,1H3,(H,18,23)(H,19,25)/t12-/m1/s1. The molecule has 134 valence electrons. The van der Waals surface area contributed by atoms with Gasteiger partial charge in [0.25, 0.3) is 11.5 Å². The van der Waals surface area contributed by atoms with Crippen molar-refractivity contribution < 1.29 is 9.90 Å². The van der Waals surface area contributed by atoms with E-state index < -0.39 is 5.69 Å². The molecule has 0 saturated carbocycles. The van der Waals surface area contributed by atoms with E-state index in [-0.39, 0.29) is 24.1 Å². The first-order valence-electron chi connectivity index (χ1n) is 8.45. The van der Waals surface area contributed by atoms with Crippen LogP contribution in [-0.2, 0) is 6.54 Å². The monoisotopic (exact) mass is 346 g/mol. The zero-order chi connectivity index (χ0) is 18.0. The summed E-state index contributed by atoms with van der Waals surface area (Å²) in [6, 6.07) is 4.66. The number of amides is 1. The number of hydrogen-bond donors (Lipinski definition) is 3. The third-order valence-corrected chi connectivity index (χ3v) is 4.52. The molecule has 0 bridgehead atoms. The minimum Gasteiger partial charge on any atom is -0.392 e. The van der Waals surface area contributed by atoms with Crippen molar-refractivity contribution in [2.24, 2.45) is 0 Å². The summed E-state index contributed by atoms with van der Waals surface area (Å²) in [4.78, 5) is 41.1. The molecule has 2 heterocycles. The van der Waals surface area contributed by atoms with Gasteiger partial charge in [0, 0.05) is 38.3 Å². The molecule has 1 fully saturated rings. The van der Waals surface area contributed by atoms with Crippen molar-refractivity contribution in [2.75, 3.05) is 26.2 Å². The van der Waals surface area contributed by atoms with Crippen molar-refractivity contribution >= 4 is 16.8 Å². The maximum absolute atomic E-state index is 12.3. The number of carbonyl (C=O) groups is 1. The summed E-state index contributed by atoms with van der Waals surface area (Å²) >= 11 is 0. The van der Waals surface area contributed by atoms with Gasteiger partial charge in [-0.25, -0.2) is 4.79 Å². The summed E-state index contributed by atoms with van der Waals surface area (Å²) in [7, 11) is 0. The van der Waals surface area contributed by atoms with Gasteiger partial charge < -0.3 is 15.4 Å². The van der Waals surface area contributed by atoms with E-state index in [2.05, 4.69) is 15.2 Å². The number of hydrogen-bond acceptors (Lipinski definition) is 5. The second-order valence-corrected chi connectivity index (χ2v) is 6.24. The van der Waals surface area contributed by atoms with Gasteiger partial charge in [-0.1, -0.05) is 0 Å². The zero-order valence-electron chi connectivity index (χ0n) is 14.1. The fourth-order valence-corrected chi connectivity index (χ4v) is 3.13. The maximum Gasteiger partial charge on any atom is 0.328 e. The molecule has 1 aromatic carbocycles. The number of carbonyl (C=O) groups excluding carboxylic acids is 1. The minimum absolute atomic E-state index is 0.262. The maximum atomic E-state index is 12.3. The number of aliphatic hydroxyl groups is 1. The molecule has 0 radical (unpaired) electrons. The Morgan fingerprint density at radius 2 is 2.20 bits per heavy atom. The highest BCUT2D eigenvalue weighted by Gasteiger charge is 2.19. The van der Waals surface area contributed by atoms with Crippen LogP contribution in [-0.4, -0.2) is 57.7 Å². The van der Waals surface area contributed by atoms with Crippen molar-refractivity contribution in [1.82, 2.24) is 19.8 Å². The van der Waals surface area contributed by atoms with Gasteiger partial charge in [0.05, 0.1) is 17.0 Å². The number of aromatic nitrogens is 2. The quantitative estimate of drug-likeness (QED) is 0.677. The fourth-order valence-electron chi connectivity index (χ4n) is 3.13. The van der Waals surface area contributed by atoms with Crippen LogP contribution in [0.1, 0.15) is 23.7 Å². The van der Waals surface area contributed by atoms with Gasteiger partial charge in [-0.05, 0) is 31.5 Å². The summed E-state index contributed by atoms with van der Waals surface area (Å²) in [6.07, 6.45) is 0.488. The van der Waals surface area contributed by atoms with Gasteiger partial charge in [0.1, 0.15) is 0 Å². The number of H-pyrrole nitrogens is 1. The van der Waals surface area contributed by atoms with Gasteiger partial charge in [-0.15, -0.1) is 0 Å². The minimum atomic E-state index is -0.481. The van der Waals surface area contributed by atoms with Crippen LogP contribution in [0.15, 0.2) is 27.8 Å². The lowest BCUT2D eigenvalue weighted by molar-refractivity contribution is 0.0949. The zero-order valence-corrected chi connectivity index (χ0v) is 14.1. The molecule has 1 aliphatic heterocycles. The molecule has 8 nitrogen and oxygen atoms in total. The SMILES string of the molecule is CCn1c(=O)[nH]c2cc(C(=O)NCCN3CC[C@@H](O)C3)ccc2c1=O. The van der Waals surface area contributed by atoms with Crippen molar-refractivity contribution in [3.63, 3.8) is 0 Å². The van der Waals surface area contributed by atoms with Crippen LogP contribution in [0.4, 0.5) is 0 Å². The van der Waals surface area contributed by atoms with E-state index in [1.807, 2.05) is 0 Å². The predicted octanol–water partition coefficient (Wildman–Crippen LogP) is -0.494. The summed E-state index contributed by atoms with van der Waals surface area (Å²) in [5, 5.41) is 12.7. The number of β-amino-alcohol motifs (C(OH)–C–C–N with tert-alkyl or cyclic N) is 1. The Hall–Kier alpha value is -2.45. The van der Waals surface area contributed by atoms with E-state index in [4.69, 9.17) is 0 Å². The van der Waals surface area contributed by atoms with Gasteiger partial charge in [0.15, 0.2) is 0 Å². The van der Waals surface area contributed by atoms with Gasteiger partial charge in [-0.3, -0.25) is 19.1 Å². The number of aliphatic hydroxyl groups excluding tert-OH is 1. The van der Waals surface area contributed by atoms with E-state index in [0.717, 1.165) is 17.5 Å². The van der Waals surface area contributed by atoms with E-state index in [1.165, 1.54) is 6.07 Å². The number of nitrogens with zero attached hydrogens (tertiary/aromatic N) is 2. The first-order chi connectivity index (χ1) is 12.0. The molecule has 3 N–H and O–H groups in total. The Bertz CT molecular complexity index is 902. The van der Waals surface area contributed by atoms with Crippen molar-refractivity contribution in [2.45, 2.75) is 26.0 Å². The van der Waals surface area contributed by atoms with Gasteiger partial charge in [-0.2, -0.15) is 0 Å². The van der Waals surface area contributed by atoms with E-state index in [0.29, 0.717) is 36.1 Å². The Kier molecular flexibility index (Phi) is 5.00. The molecule has 1 atom stereocenters. The molecular formula is C17H22N4O4. The van der Waals surface area contributed by atoms with Gasteiger partial charge >= 0.3 is 5.69 Å². The highest BCUT2D eigenvalue weighted by molar-refractivity contribution is 5.97. The molecule has 3 rings (SSSR count). The van der Waals surface area contributed by atoms with Crippen LogP contribution >= 0.6 is 0 Å². The van der Waals surface area contributed by atoms with E-state index >= 15 is 0 Å². The summed E-state index contributed by atoms with van der Waals surface area (Å²) in [5.74, 6) is -0.262. The number of fused-ring (bicyclic) bond motifs is 1. The molecule has 25 heavy (non-hydrogen) atoms. The van der Waals surface area contributed by atoms with Crippen LogP contribution in [0.2, 0.25) is 0 Å². The molecular weight excluding hydrogens is 324 g/mol. The van der Waals surface area contributed by atoms with Crippen molar-refractivity contribution in [3.05, 3.63) is 44.6 Å². The van der Waals surface area contributed by atoms with Crippen LogP contribution in [0.25, 0.3) is 10.9 Å². The van der Waals surface area contributed by atoms with Crippen LogP contribution in [0, 0.1) is 0 Å². The summed E-state index contributed by atoms with van der Waals surface area (Å²) in [6.45, 7) is 4.63. The van der Waals surface area contributed by atoms with Gasteiger partial charge in [0.2, 0.25) is 0 Å². The number of benzene rings is 1. The lowest BCUT2D eigenvalue weighted by atomic mass is 10.1. The molecule has 2 aromatic rings. The fraction of sp³-hybridized carbons (Fsp3) is 0.471. The topological polar surface area (TPSA) is 107 Å². The summed E-state index contributed by atoms with van der Waals surface area (Å²) in [5.41, 5.74) is -0.0979. The molecule has 0 unspecified atom stereocenters. The lowest BCUT2D eigenvalue weighted by Gasteiger charge is -2.15. The Morgan fingerprint density at radius 1 is 1.40 bits per heavy atom. The van der Waals surface area contributed by atoms with Crippen molar-refractivity contribution in [1.29, 1.82) is 0 Å². The molecule has 1 aromatic heterocycles. The predicted molar refractivity (Wildman–Crippen MR) is 93.9 cm³/mol. The Morgan fingerprint density at radius 3 is 2.88 bits per heavy atom. The first-order valence-corrected chi connectivity index (χ1v) is 8.45. The number of rotatable bonds is 5. The average molecular weight is 346 g/mol. The molecule has 1 aliphatic rings. The number of nitrogens with one attached hydrogen (secondary N) is 2. The highest BCUT2D eigenvalue weighted by Crippen LogP contribution is 2.10. The summed E-state index contributed by atoms with van der Waals surface area (Å²) < 4.78 is 1.12. The highest BCUT2D eigenvalue weighted by atomic mass is 16.3. The normalized spacial score (nSPS) is 17.9. The lowest BCUT2D eigenvalue weighted by Crippen LogP contribution is -2.35. The molecule has 8 heteroatoms. The molecule has 1 saturated heterocycles. The molecule has 0 spiro atoms. The Balaban J connectivity index is 1.72. The number of likely N-dealkylation sites (tertiary alicyclic amines) is 1. The third kappa shape index (κ3) is 3.64. The second kappa shape index (κ2) is 7.20.